The largest absolute Gasteiger partial charge is 0.508 e. The van der Waals surface area contributed by atoms with Crippen LogP contribution >= 0.6 is 11.3 Å². The Morgan fingerprint density at radius 2 is 1.82 bits per heavy atom. The zero-order valence-corrected chi connectivity index (χ0v) is 17.8. The number of nitro benzene ring substituents is 1. The molecule has 1 aliphatic heterocycles. The van der Waals surface area contributed by atoms with Gasteiger partial charge in [-0.05, 0) is 23.8 Å². The van der Waals surface area contributed by atoms with Crippen LogP contribution in [0, 0.1) is 10.1 Å². The molecule has 2 heterocycles. The number of aromatic hydroxyl groups is 1. The molecule has 2 N–H and O–H groups in total. The third-order valence-corrected chi connectivity index (χ3v) is 6.37. The van der Waals surface area contributed by atoms with Crippen LogP contribution in [0.2, 0.25) is 0 Å². The van der Waals surface area contributed by atoms with Crippen molar-refractivity contribution in [3.05, 3.63) is 68.0 Å². The van der Waals surface area contributed by atoms with E-state index in [1.165, 1.54) is 0 Å². The van der Waals surface area contributed by atoms with Crippen LogP contribution < -0.4 is 15.9 Å². The summed E-state index contributed by atoms with van der Waals surface area (Å²) in [5, 5.41) is 22.6. The van der Waals surface area contributed by atoms with Crippen molar-refractivity contribution >= 4 is 32.2 Å². The lowest BCUT2D eigenvalue weighted by Crippen LogP contribution is -2.52. The molecule has 1 aromatic heterocycles. The fraction of sp³-hybridized carbons (Fsp3) is 0.300. The van der Waals surface area contributed by atoms with Crippen LogP contribution in [0.25, 0.3) is 10.1 Å². The molecule has 0 bridgehead atoms. The van der Waals surface area contributed by atoms with E-state index in [-0.39, 0.29) is 15.6 Å². The fourth-order valence-corrected chi connectivity index (χ4v) is 4.57. The number of aromatic nitrogens is 1. The van der Waals surface area contributed by atoms with Crippen LogP contribution in [0.15, 0.2) is 41.2 Å². The van der Waals surface area contributed by atoms with Gasteiger partial charge in [-0.3, -0.25) is 20.3 Å². The maximum Gasteiger partial charge on any atom is 0.416 e. The molecule has 13 heteroatoms. The standard InChI is InChI=1S/C20H18F3N5O4S/c21-20(22,23)13-9-15-17(16(10-13)28(31)32)33-19(25-18(15)30)26-5-7-27(8-6-26)24-11-12-1-3-14(29)4-2-12/h1-4,9-10,24,29H,5-8,11H2. The van der Waals surface area contributed by atoms with Gasteiger partial charge in [-0.15, -0.1) is 0 Å². The Morgan fingerprint density at radius 1 is 1.15 bits per heavy atom. The Bertz CT molecular complexity index is 1240. The van der Waals surface area contributed by atoms with Crippen LogP contribution in [0.5, 0.6) is 5.75 Å². The molecule has 9 nitrogen and oxygen atoms in total. The van der Waals surface area contributed by atoms with E-state index < -0.39 is 33.3 Å². The van der Waals surface area contributed by atoms with Gasteiger partial charge in [-0.1, -0.05) is 23.5 Å². The number of nitro groups is 1. The number of nitrogens with one attached hydrogen (secondary N) is 1. The molecule has 4 rings (SSSR count). The highest BCUT2D eigenvalue weighted by atomic mass is 32.1. The van der Waals surface area contributed by atoms with Gasteiger partial charge in [0, 0.05) is 38.8 Å². The van der Waals surface area contributed by atoms with Crippen molar-refractivity contribution in [2.75, 3.05) is 31.1 Å². The molecule has 0 atom stereocenters. The van der Waals surface area contributed by atoms with Crippen molar-refractivity contribution in [2.24, 2.45) is 0 Å². The Balaban J connectivity index is 1.52. The molecule has 1 fully saturated rings. The number of anilines is 1. The second kappa shape index (κ2) is 8.92. The third kappa shape index (κ3) is 5.05. The second-order valence-corrected chi connectivity index (χ2v) is 8.38. The molecule has 0 aliphatic carbocycles. The van der Waals surface area contributed by atoms with E-state index in [1.807, 2.05) is 5.01 Å². The number of fused-ring (bicyclic) bond motifs is 1. The van der Waals surface area contributed by atoms with Gasteiger partial charge in [0.05, 0.1) is 15.9 Å². The molecule has 0 saturated carbocycles. The van der Waals surface area contributed by atoms with Crippen molar-refractivity contribution in [1.29, 1.82) is 0 Å². The Morgan fingerprint density at radius 3 is 2.42 bits per heavy atom. The summed E-state index contributed by atoms with van der Waals surface area (Å²) < 4.78 is 39.2. The highest BCUT2D eigenvalue weighted by Crippen LogP contribution is 2.38. The summed E-state index contributed by atoms with van der Waals surface area (Å²) in [4.78, 5) is 28.7. The summed E-state index contributed by atoms with van der Waals surface area (Å²) in [6.45, 7) is 2.61. The van der Waals surface area contributed by atoms with Crippen molar-refractivity contribution < 1.29 is 23.2 Å². The highest BCUT2D eigenvalue weighted by molar-refractivity contribution is 7.22. The molecule has 0 spiro atoms. The minimum atomic E-state index is -4.82. The molecule has 2 aromatic carbocycles. The maximum absolute atomic E-state index is 13.1. The fourth-order valence-electron chi connectivity index (χ4n) is 3.45. The lowest BCUT2D eigenvalue weighted by Gasteiger charge is -2.35. The SMILES string of the molecule is O=c1nc(N2CCN(NCc3ccc(O)cc3)CC2)sc2c([N+](=O)[O-])cc(C(F)(F)F)cc12. The average Bonchev–Trinajstić information content (AvgIpc) is 2.77. The zero-order chi connectivity index (χ0) is 23.8. The first-order valence-corrected chi connectivity index (χ1v) is 10.7. The summed E-state index contributed by atoms with van der Waals surface area (Å²) in [5.74, 6) is 0.184. The molecule has 0 radical (unpaired) electrons. The number of non-ortho nitro benzene ring substituents is 1. The zero-order valence-electron chi connectivity index (χ0n) is 17.0. The Hall–Kier alpha value is -3.29. The number of hydrogen-bond donors (Lipinski definition) is 2. The average molecular weight is 481 g/mol. The topological polar surface area (TPSA) is 112 Å². The number of rotatable bonds is 5. The number of phenolic OH excluding ortho intramolecular Hbond substituents is 1. The smallest absolute Gasteiger partial charge is 0.416 e. The van der Waals surface area contributed by atoms with Gasteiger partial charge in [0.25, 0.3) is 11.2 Å². The molecule has 174 valence electrons. The first-order valence-electron chi connectivity index (χ1n) is 9.83. The van der Waals surface area contributed by atoms with E-state index in [0.717, 1.165) is 16.9 Å². The van der Waals surface area contributed by atoms with E-state index in [4.69, 9.17) is 0 Å². The number of piperazine rings is 1. The minimum absolute atomic E-state index is 0.129. The molecule has 0 unspecified atom stereocenters. The normalized spacial score (nSPS) is 15.2. The van der Waals surface area contributed by atoms with E-state index in [0.29, 0.717) is 44.9 Å². The second-order valence-electron chi connectivity index (χ2n) is 7.40. The van der Waals surface area contributed by atoms with Crippen molar-refractivity contribution in [2.45, 2.75) is 12.7 Å². The van der Waals surface area contributed by atoms with Gasteiger partial charge in [-0.2, -0.15) is 18.2 Å². The number of halogens is 3. The van der Waals surface area contributed by atoms with Crippen LogP contribution in [-0.2, 0) is 12.7 Å². The maximum atomic E-state index is 13.1. The Labute approximate surface area is 188 Å². The lowest BCUT2D eigenvalue weighted by atomic mass is 10.1. The van der Waals surface area contributed by atoms with E-state index in [2.05, 4.69) is 10.4 Å². The van der Waals surface area contributed by atoms with Crippen molar-refractivity contribution in [3.8, 4) is 5.75 Å². The molecule has 1 saturated heterocycles. The lowest BCUT2D eigenvalue weighted by molar-refractivity contribution is -0.383. The van der Waals surface area contributed by atoms with Gasteiger partial charge < -0.3 is 10.0 Å². The summed E-state index contributed by atoms with van der Waals surface area (Å²) >= 11 is 0.838. The number of hydrazine groups is 1. The Kier molecular flexibility index (Phi) is 6.19. The predicted octanol–water partition coefficient (Wildman–Crippen LogP) is 3.12. The van der Waals surface area contributed by atoms with E-state index in [1.54, 1.807) is 29.2 Å². The predicted molar refractivity (Wildman–Crippen MR) is 116 cm³/mol. The summed E-state index contributed by atoms with van der Waals surface area (Å²) in [5.41, 5.74) is 1.30. The number of alkyl halides is 3. The first-order chi connectivity index (χ1) is 15.6. The molecular formula is C20H18F3N5O4S. The number of phenols is 1. The van der Waals surface area contributed by atoms with Crippen LogP contribution in [0.1, 0.15) is 11.1 Å². The monoisotopic (exact) mass is 481 g/mol. The quantitative estimate of drug-likeness (QED) is 0.422. The van der Waals surface area contributed by atoms with Gasteiger partial charge in [0.2, 0.25) is 0 Å². The molecular weight excluding hydrogens is 463 g/mol. The van der Waals surface area contributed by atoms with E-state index >= 15 is 0 Å². The van der Waals surface area contributed by atoms with Gasteiger partial charge in [-0.25, -0.2) is 5.01 Å². The molecule has 33 heavy (non-hydrogen) atoms. The minimum Gasteiger partial charge on any atom is -0.508 e. The summed E-state index contributed by atoms with van der Waals surface area (Å²) in [7, 11) is 0. The molecule has 1 aliphatic rings. The van der Waals surface area contributed by atoms with Crippen LogP contribution in [-0.4, -0.2) is 46.2 Å². The summed E-state index contributed by atoms with van der Waals surface area (Å²) in [6, 6.07) is 7.85. The van der Waals surface area contributed by atoms with Crippen LogP contribution in [0.3, 0.4) is 0 Å². The number of benzene rings is 2. The van der Waals surface area contributed by atoms with E-state index in [9.17, 15) is 33.2 Å². The molecule has 3 aromatic rings. The van der Waals surface area contributed by atoms with Crippen molar-refractivity contribution in [1.82, 2.24) is 15.4 Å². The molecule has 0 amide bonds. The highest BCUT2D eigenvalue weighted by Gasteiger charge is 2.34. The van der Waals surface area contributed by atoms with Gasteiger partial charge in [0.15, 0.2) is 5.13 Å². The first kappa shape index (κ1) is 22.9. The summed E-state index contributed by atoms with van der Waals surface area (Å²) in [6.07, 6.45) is -4.82. The number of nitrogens with zero attached hydrogens (tertiary/aromatic N) is 4. The van der Waals surface area contributed by atoms with Crippen molar-refractivity contribution in [3.63, 3.8) is 0 Å². The third-order valence-electron chi connectivity index (χ3n) is 5.21. The van der Waals surface area contributed by atoms with Gasteiger partial charge >= 0.3 is 6.18 Å². The van der Waals surface area contributed by atoms with Gasteiger partial charge in [0.1, 0.15) is 10.4 Å². The number of hydrogen-bond acceptors (Lipinski definition) is 9. The van der Waals surface area contributed by atoms with Crippen LogP contribution in [0.4, 0.5) is 24.0 Å².